The Morgan fingerprint density at radius 2 is 1.81 bits per heavy atom. The fourth-order valence-corrected chi connectivity index (χ4v) is 4.51. The summed E-state index contributed by atoms with van der Waals surface area (Å²) in [6.45, 7) is 10.9. The van der Waals surface area contributed by atoms with E-state index in [1.54, 1.807) is 0 Å². The fraction of sp³-hybridized carbons (Fsp3) is 0.588. The molecular weight excluding hydrogens is 281 g/mol. The number of nitrogens with one attached hydrogen (secondary N) is 1. The zero-order valence-electron chi connectivity index (χ0n) is 14.0. The molecule has 0 aliphatic carbocycles. The van der Waals surface area contributed by atoms with Gasteiger partial charge in [-0.3, -0.25) is 9.88 Å². The predicted molar refractivity (Wildman–Crippen MR) is 91.1 cm³/mol. The van der Waals surface area contributed by atoms with Crippen LogP contribution < -0.4 is 10.4 Å². The lowest BCUT2D eigenvalue weighted by atomic mass is 10.1. The third-order valence-corrected chi connectivity index (χ3v) is 5.89. The molecule has 0 heterocycles. The normalized spacial score (nSPS) is 14.8. The molecule has 118 valence electrons. The van der Waals surface area contributed by atoms with Crippen LogP contribution in [0.5, 0.6) is 0 Å². The van der Waals surface area contributed by atoms with Gasteiger partial charge in [0.1, 0.15) is 6.04 Å². The van der Waals surface area contributed by atoms with Gasteiger partial charge in [0.25, 0.3) is 0 Å². The fourth-order valence-electron chi connectivity index (χ4n) is 2.20. The highest BCUT2D eigenvalue weighted by molar-refractivity contribution is 7.65. The van der Waals surface area contributed by atoms with Crippen LogP contribution in [0, 0.1) is 5.92 Å². The van der Waals surface area contributed by atoms with Crippen molar-refractivity contribution in [3.8, 4) is 0 Å². The summed E-state index contributed by atoms with van der Waals surface area (Å²) >= 11 is 0. The van der Waals surface area contributed by atoms with Crippen LogP contribution in [0.3, 0.4) is 0 Å². The standard InChI is InChI=1S/C17H28NO2P/c1-13(2)12-15(16(19)20-6)18-21(17(3,4)5)14-10-8-7-9-11-14/h7-11,13,15,18H,12H2,1-6H3/t15-,21?/m1/s1. The molecule has 0 spiro atoms. The van der Waals surface area contributed by atoms with Crippen LogP contribution in [0.2, 0.25) is 0 Å². The summed E-state index contributed by atoms with van der Waals surface area (Å²) in [6, 6.07) is 10.1. The number of ether oxygens (including phenoxy) is 1. The van der Waals surface area contributed by atoms with E-state index in [-0.39, 0.29) is 17.2 Å². The lowest BCUT2D eigenvalue weighted by Gasteiger charge is -2.35. The Bertz CT molecular complexity index is 440. The van der Waals surface area contributed by atoms with E-state index in [1.165, 1.54) is 12.4 Å². The van der Waals surface area contributed by atoms with Crippen LogP contribution in [0.25, 0.3) is 0 Å². The molecule has 0 saturated carbocycles. The van der Waals surface area contributed by atoms with Crippen LogP contribution in [-0.2, 0) is 9.53 Å². The molecule has 0 aliphatic heterocycles. The molecule has 0 aliphatic rings. The Balaban J connectivity index is 3.01. The van der Waals surface area contributed by atoms with Crippen molar-refractivity contribution >= 4 is 19.3 Å². The lowest BCUT2D eigenvalue weighted by molar-refractivity contribution is -0.143. The maximum atomic E-state index is 12.1. The molecular formula is C17H28NO2P. The van der Waals surface area contributed by atoms with Crippen LogP contribution in [0.4, 0.5) is 0 Å². The van der Waals surface area contributed by atoms with Crippen LogP contribution in [0.15, 0.2) is 30.3 Å². The largest absolute Gasteiger partial charge is 0.468 e. The number of carbonyl (C=O) groups excluding carboxylic acids is 1. The zero-order chi connectivity index (χ0) is 16.0. The molecule has 1 aromatic rings. The average Bonchev–Trinajstić information content (AvgIpc) is 2.41. The molecule has 0 radical (unpaired) electrons. The van der Waals surface area contributed by atoms with Crippen molar-refractivity contribution in [2.75, 3.05) is 7.11 Å². The highest BCUT2D eigenvalue weighted by Gasteiger charge is 2.31. The van der Waals surface area contributed by atoms with E-state index in [1.807, 2.05) is 18.2 Å². The average molecular weight is 309 g/mol. The molecule has 0 amide bonds. The topological polar surface area (TPSA) is 38.3 Å². The van der Waals surface area contributed by atoms with E-state index in [2.05, 4.69) is 51.8 Å². The predicted octanol–water partition coefficient (Wildman–Crippen LogP) is 3.68. The molecule has 1 unspecified atom stereocenters. The molecule has 4 heteroatoms. The van der Waals surface area contributed by atoms with Crippen molar-refractivity contribution < 1.29 is 9.53 Å². The summed E-state index contributed by atoms with van der Waals surface area (Å²) in [4.78, 5) is 12.1. The van der Waals surface area contributed by atoms with Gasteiger partial charge in [0.05, 0.1) is 7.11 Å². The van der Waals surface area contributed by atoms with Crippen molar-refractivity contribution in [1.82, 2.24) is 5.09 Å². The molecule has 0 saturated heterocycles. The third kappa shape index (κ3) is 5.76. The maximum Gasteiger partial charge on any atom is 0.323 e. The van der Waals surface area contributed by atoms with Gasteiger partial charge in [-0.2, -0.15) is 0 Å². The molecule has 1 aromatic carbocycles. The molecule has 3 nitrogen and oxygen atoms in total. The molecule has 1 N–H and O–H groups in total. The summed E-state index contributed by atoms with van der Waals surface area (Å²) < 4.78 is 4.97. The number of esters is 1. The molecule has 21 heavy (non-hydrogen) atoms. The lowest BCUT2D eigenvalue weighted by Crippen LogP contribution is -2.41. The zero-order valence-corrected chi connectivity index (χ0v) is 14.9. The van der Waals surface area contributed by atoms with Gasteiger partial charge in [0.2, 0.25) is 0 Å². The first kappa shape index (κ1) is 18.1. The summed E-state index contributed by atoms with van der Waals surface area (Å²) in [6.07, 6.45) is 0.786. The first-order chi connectivity index (χ1) is 9.75. The number of benzene rings is 1. The van der Waals surface area contributed by atoms with Gasteiger partial charge in [-0.15, -0.1) is 0 Å². The van der Waals surface area contributed by atoms with Crippen molar-refractivity contribution in [1.29, 1.82) is 0 Å². The Morgan fingerprint density at radius 3 is 2.24 bits per heavy atom. The van der Waals surface area contributed by atoms with Crippen molar-refractivity contribution in [2.24, 2.45) is 5.92 Å². The minimum absolute atomic E-state index is 0.0694. The Kier molecular flexibility index (Phi) is 6.83. The van der Waals surface area contributed by atoms with E-state index >= 15 is 0 Å². The van der Waals surface area contributed by atoms with Gasteiger partial charge < -0.3 is 4.74 Å². The van der Waals surface area contributed by atoms with Gasteiger partial charge >= 0.3 is 5.97 Å². The van der Waals surface area contributed by atoms with Crippen molar-refractivity contribution in [2.45, 2.75) is 52.2 Å². The first-order valence-electron chi connectivity index (χ1n) is 7.45. The smallest absolute Gasteiger partial charge is 0.323 e. The SMILES string of the molecule is COC(=O)[C@@H](CC(C)C)NP(c1ccccc1)C(C)(C)C. The van der Waals surface area contributed by atoms with Gasteiger partial charge in [-0.25, -0.2) is 0 Å². The number of methoxy groups -OCH3 is 1. The minimum atomic E-state index is -0.656. The molecule has 0 bridgehead atoms. The number of hydrogen-bond donors (Lipinski definition) is 1. The van der Waals surface area contributed by atoms with E-state index in [9.17, 15) is 4.79 Å². The van der Waals surface area contributed by atoms with Gasteiger partial charge in [-0.05, 0) is 30.9 Å². The summed E-state index contributed by atoms with van der Waals surface area (Å²) in [5.41, 5.74) is 0. The summed E-state index contributed by atoms with van der Waals surface area (Å²) in [5, 5.41) is 4.91. The van der Waals surface area contributed by atoms with E-state index < -0.39 is 8.07 Å². The van der Waals surface area contributed by atoms with Crippen LogP contribution >= 0.6 is 8.07 Å². The van der Waals surface area contributed by atoms with E-state index in [4.69, 9.17) is 4.74 Å². The van der Waals surface area contributed by atoms with Crippen molar-refractivity contribution in [3.63, 3.8) is 0 Å². The maximum absolute atomic E-state index is 12.1. The van der Waals surface area contributed by atoms with Gasteiger partial charge in [-0.1, -0.05) is 65.0 Å². The number of hydrogen-bond acceptors (Lipinski definition) is 3. The first-order valence-corrected chi connectivity index (χ1v) is 8.79. The number of carbonyl (C=O) groups is 1. The molecule has 0 aromatic heterocycles. The molecule has 2 atom stereocenters. The van der Waals surface area contributed by atoms with E-state index in [0.717, 1.165) is 6.42 Å². The molecule has 1 rings (SSSR count). The Labute approximate surface area is 130 Å². The second-order valence-electron chi connectivity index (χ2n) is 6.68. The van der Waals surface area contributed by atoms with Crippen molar-refractivity contribution in [3.05, 3.63) is 30.3 Å². The highest BCUT2D eigenvalue weighted by Crippen LogP contribution is 2.45. The highest BCUT2D eigenvalue weighted by atomic mass is 31.1. The quantitative estimate of drug-likeness (QED) is 0.643. The monoisotopic (exact) mass is 309 g/mol. The van der Waals surface area contributed by atoms with Gasteiger partial charge in [0, 0.05) is 0 Å². The third-order valence-electron chi connectivity index (χ3n) is 3.16. The Morgan fingerprint density at radius 1 is 1.24 bits per heavy atom. The summed E-state index contributed by atoms with van der Waals surface area (Å²) in [5.74, 6) is 0.269. The number of rotatable bonds is 6. The van der Waals surface area contributed by atoms with E-state index in [0.29, 0.717) is 5.92 Å². The second kappa shape index (κ2) is 7.91. The summed E-state index contributed by atoms with van der Waals surface area (Å²) in [7, 11) is 0.802. The van der Waals surface area contributed by atoms with Crippen LogP contribution in [0.1, 0.15) is 41.0 Å². The van der Waals surface area contributed by atoms with Gasteiger partial charge in [0.15, 0.2) is 0 Å². The van der Waals surface area contributed by atoms with Crippen LogP contribution in [-0.4, -0.2) is 24.3 Å². The Hall–Kier alpha value is -0.920. The second-order valence-corrected chi connectivity index (χ2v) is 9.46. The minimum Gasteiger partial charge on any atom is -0.468 e. The molecule has 0 fully saturated rings.